The first kappa shape index (κ1) is 12.7. The van der Waals surface area contributed by atoms with E-state index in [0.29, 0.717) is 11.3 Å². The molecule has 0 atom stereocenters. The summed E-state index contributed by atoms with van der Waals surface area (Å²) in [4.78, 5) is 11.9. The van der Waals surface area contributed by atoms with Crippen LogP contribution in [0, 0.1) is 5.41 Å². The van der Waals surface area contributed by atoms with E-state index in [4.69, 9.17) is 9.84 Å². The van der Waals surface area contributed by atoms with E-state index in [2.05, 4.69) is 0 Å². The van der Waals surface area contributed by atoms with Gasteiger partial charge in [0.1, 0.15) is 12.4 Å². The molecule has 1 aromatic rings. The van der Waals surface area contributed by atoms with Crippen molar-refractivity contribution in [2.45, 2.75) is 20.8 Å². The fraction of sp³-hybridized carbons (Fsp3) is 0.462. The number of hydrogen-bond acceptors (Lipinski definition) is 3. The highest BCUT2D eigenvalue weighted by molar-refractivity contribution is 5.99. The fourth-order valence-corrected chi connectivity index (χ4v) is 1.30. The lowest BCUT2D eigenvalue weighted by molar-refractivity contribution is 0.0858. The van der Waals surface area contributed by atoms with Crippen LogP contribution in [0.4, 0.5) is 0 Å². The number of aliphatic hydroxyl groups is 1. The normalized spacial score (nSPS) is 11.2. The number of hydrogen-bond donors (Lipinski definition) is 1. The zero-order valence-corrected chi connectivity index (χ0v) is 9.99. The van der Waals surface area contributed by atoms with Crippen molar-refractivity contribution >= 4 is 5.78 Å². The van der Waals surface area contributed by atoms with Crippen LogP contribution in [0.25, 0.3) is 0 Å². The second kappa shape index (κ2) is 5.12. The maximum atomic E-state index is 11.9. The molecule has 0 aliphatic heterocycles. The summed E-state index contributed by atoms with van der Waals surface area (Å²) < 4.78 is 5.21. The number of benzene rings is 1. The molecule has 0 unspecified atom stereocenters. The van der Waals surface area contributed by atoms with Gasteiger partial charge in [0.25, 0.3) is 0 Å². The van der Waals surface area contributed by atoms with Crippen LogP contribution in [0.1, 0.15) is 31.1 Å². The molecule has 0 aliphatic carbocycles. The molecule has 3 heteroatoms. The van der Waals surface area contributed by atoms with Gasteiger partial charge in [0.15, 0.2) is 5.78 Å². The third-order valence-electron chi connectivity index (χ3n) is 2.16. The Balaban J connectivity index is 2.75. The predicted octanol–water partition coefficient (Wildman–Crippen LogP) is 2.29. The van der Waals surface area contributed by atoms with Gasteiger partial charge < -0.3 is 9.84 Å². The smallest absolute Gasteiger partial charge is 0.168 e. The summed E-state index contributed by atoms with van der Waals surface area (Å²) in [6, 6.07) is 6.99. The highest BCUT2D eigenvalue weighted by atomic mass is 16.5. The minimum absolute atomic E-state index is 0.0112. The van der Waals surface area contributed by atoms with E-state index in [1.54, 1.807) is 24.3 Å². The first-order chi connectivity index (χ1) is 7.45. The van der Waals surface area contributed by atoms with Crippen LogP contribution in [0.15, 0.2) is 24.3 Å². The Morgan fingerprint density at radius 1 is 1.25 bits per heavy atom. The van der Waals surface area contributed by atoms with Crippen LogP contribution in [-0.2, 0) is 0 Å². The summed E-state index contributed by atoms with van der Waals surface area (Å²) in [6.07, 6.45) is 0. The number of carbonyl (C=O) groups is 1. The van der Waals surface area contributed by atoms with E-state index < -0.39 is 0 Å². The van der Waals surface area contributed by atoms with Crippen LogP contribution < -0.4 is 4.74 Å². The quantitative estimate of drug-likeness (QED) is 0.795. The lowest BCUT2D eigenvalue weighted by Crippen LogP contribution is -2.20. The van der Waals surface area contributed by atoms with Crippen LogP contribution in [0.3, 0.4) is 0 Å². The fourth-order valence-electron chi connectivity index (χ4n) is 1.30. The Hall–Kier alpha value is -1.35. The van der Waals surface area contributed by atoms with E-state index in [0.717, 1.165) is 0 Å². The highest BCUT2D eigenvalue weighted by Crippen LogP contribution is 2.22. The summed E-state index contributed by atoms with van der Waals surface area (Å²) >= 11 is 0. The minimum atomic E-state index is -0.368. The van der Waals surface area contributed by atoms with Crippen molar-refractivity contribution < 1.29 is 14.6 Å². The van der Waals surface area contributed by atoms with E-state index in [1.807, 2.05) is 20.8 Å². The summed E-state index contributed by atoms with van der Waals surface area (Å²) in [6.45, 7) is 5.94. The summed E-state index contributed by atoms with van der Waals surface area (Å²) in [5, 5.41) is 8.60. The highest BCUT2D eigenvalue weighted by Gasteiger charge is 2.22. The third kappa shape index (κ3) is 3.35. The first-order valence-corrected chi connectivity index (χ1v) is 5.33. The van der Waals surface area contributed by atoms with E-state index >= 15 is 0 Å². The SMILES string of the molecule is CC(C)(C)C(=O)c1ccc(OCCO)cc1. The lowest BCUT2D eigenvalue weighted by atomic mass is 9.86. The summed E-state index contributed by atoms with van der Waals surface area (Å²) in [7, 11) is 0. The molecule has 0 spiro atoms. The Morgan fingerprint density at radius 2 is 1.81 bits per heavy atom. The summed E-state index contributed by atoms with van der Waals surface area (Å²) in [5.74, 6) is 0.778. The van der Waals surface area contributed by atoms with Gasteiger partial charge in [-0.05, 0) is 24.3 Å². The van der Waals surface area contributed by atoms with Crippen LogP contribution in [-0.4, -0.2) is 24.1 Å². The largest absolute Gasteiger partial charge is 0.491 e. The van der Waals surface area contributed by atoms with Crippen molar-refractivity contribution in [2.24, 2.45) is 5.41 Å². The molecule has 0 aliphatic rings. The number of aliphatic hydroxyl groups excluding tert-OH is 1. The maximum absolute atomic E-state index is 11.9. The molecule has 16 heavy (non-hydrogen) atoms. The topological polar surface area (TPSA) is 46.5 Å². The van der Waals surface area contributed by atoms with Gasteiger partial charge in [-0.3, -0.25) is 4.79 Å². The van der Waals surface area contributed by atoms with Gasteiger partial charge in [-0.25, -0.2) is 0 Å². The van der Waals surface area contributed by atoms with Gasteiger partial charge in [-0.2, -0.15) is 0 Å². The van der Waals surface area contributed by atoms with Crippen molar-refractivity contribution in [3.8, 4) is 5.75 Å². The van der Waals surface area contributed by atoms with Gasteiger partial charge in [-0.1, -0.05) is 20.8 Å². The molecule has 3 nitrogen and oxygen atoms in total. The molecule has 0 heterocycles. The minimum Gasteiger partial charge on any atom is -0.491 e. The average molecular weight is 222 g/mol. The standard InChI is InChI=1S/C13H18O3/c1-13(2,3)12(15)10-4-6-11(7-5-10)16-9-8-14/h4-7,14H,8-9H2,1-3H3. The molecular formula is C13H18O3. The number of rotatable bonds is 4. The number of Topliss-reactive ketones (excluding diaryl/α,β-unsaturated/α-hetero) is 1. The van der Waals surface area contributed by atoms with Gasteiger partial charge in [-0.15, -0.1) is 0 Å². The molecule has 0 bridgehead atoms. The van der Waals surface area contributed by atoms with Crippen molar-refractivity contribution in [1.82, 2.24) is 0 Å². The van der Waals surface area contributed by atoms with Crippen molar-refractivity contribution in [2.75, 3.05) is 13.2 Å². The van der Waals surface area contributed by atoms with Crippen molar-refractivity contribution in [3.63, 3.8) is 0 Å². The number of ketones is 1. The first-order valence-electron chi connectivity index (χ1n) is 5.33. The Bertz CT molecular complexity index is 346. The molecular weight excluding hydrogens is 204 g/mol. The lowest BCUT2D eigenvalue weighted by Gasteiger charge is -2.16. The molecule has 0 saturated carbocycles. The second-order valence-corrected chi connectivity index (χ2v) is 4.68. The van der Waals surface area contributed by atoms with Crippen molar-refractivity contribution in [3.05, 3.63) is 29.8 Å². The third-order valence-corrected chi connectivity index (χ3v) is 2.16. The number of ether oxygens (including phenoxy) is 1. The number of carbonyl (C=O) groups excluding carboxylic acids is 1. The average Bonchev–Trinajstić information content (AvgIpc) is 2.25. The van der Waals surface area contributed by atoms with Gasteiger partial charge in [0, 0.05) is 11.0 Å². The zero-order valence-electron chi connectivity index (χ0n) is 9.99. The maximum Gasteiger partial charge on any atom is 0.168 e. The molecule has 0 radical (unpaired) electrons. The molecule has 0 fully saturated rings. The van der Waals surface area contributed by atoms with Gasteiger partial charge in [0.05, 0.1) is 6.61 Å². The Labute approximate surface area is 96.1 Å². The summed E-state index contributed by atoms with van der Waals surface area (Å²) in [5.41, 5.74) is 0.317. The van der Waals surface area contributed by atoms with Gasteiger partial charge >= 0.3 is 0 Å². The van der Waals surface area contributed by atoms with Crippen LogP contribution in [0.5, 0.6) is 5.75 Å². The monoisotopic (exact) mass is 222 g/mol. The molecule has 0 aromatic heterocycles. The van der Waals surface area contributed by atoms with Crippen LogP contribution in [0.2, 0.25) is 0 Å². The Kier molecular flexibility index (Phi) is 4.07. The van der Waals surface area contributed by atoms with E-state index in [1.165, 1.54) is 0 Å². The van der Waals surface area contributed by atoms with Crippen molar-refractivity contribution in [1.29, 1.82) is 0 Å². The van der Waals surface area contributed by atoms with Gasteiger partial charge in [0.2, 0.25) is 0 Å². The van der Waals surface area contributed by atoms with E-state index in [-0.39, 0.29) is 24.4 Å². The zero-order chi connectivity index (χ0) is 12.2. The molecule has 88 valence electrons. The molecule has 1 rings (SSSR count). The molecule has 1 aromatic carbocycles. The molecule has 0 amide bonds. The Morgan fingerprint density at radius 3 is 2.25 bits per heavy atom. The predicted molar refractivity (Wildman–Crippen MR) is 62.8 cm³/mol. The molecule has 1 N–H and O–H groups in total. The van der Waals surface area contributed by atoms with Crippen LogP contribution >= 0.6 is 0 Å². The second-order valence-electron chi connectivity index (χ2n) is 4.68. The molecule has 0 saturated heterocycles. The van der Waals surface area contributed by atoms with E-state index in [9.17, 15) is 4.79 Å².